The van der Waals surface area contributed by atoms with Crippen molar-refractivity contribution in [1.29, 1.82) is 0 Å². The van der Waals surface area contributed by atoms with E-state index in [1.54, 1.807) is 3.07 Å². The fourth-order valence-corrected chi connectivity index (χ4v) is 3.44. The van der Waals surface area contributed by atoms with Crippen LogP contribution in [0.5, 0.6) is 0 Å². The molecule has 0 aliphatic carbocycles. The first-order valence-electron chi connectivity index (χ1n) is 4.68. The third kappa shape index (κ3) is 1.52. The van der Waals surface area contributed by atoms with Gasteiger partial charge in [0.1, 0.15) is 0 Å². The van der Waals surface area contributed by atoms with E-state index in [4.69, 9.17) is 0 Å². The van der Waals surface area contributed by atoms with Crippen LogP contribution in [0.2, 0.25) is 0 Å². The van der Waals surface area contributed by atoms with Crippen molar-refractivity contribution in [2.24, 2.45) is 0 Å². The summed E-state index contributed by atoms with van der Waals surface area (Å²) in [5, 5.41) is 0. The zero-order valence-electron chi connectivity index (χ0n) is 8.59. The number of anilines is 1. The Kier molecular flexibility index (Phi) is 2.18. The van der Waals surface area contributed by atoms with E-state index in [9.17, 15) is 0 Å². The van der Waals surface area contributed by atoms with Gasteiger partial charge >= 0.3 is 96.4 Å². The van der Waals surface area contributed by atoms with E-state index in [2.05, 4.69) is 44.0 Å². The van der Waals surface area contributed by atoms with Crippen LogP contribution in [-0.4, -0.2) is 13.6 Å². The molecule has 0 bridgehead atoms. The van der Waals surface area contributed by atoms with Gasteiger partial charge in [0.25, 0.3) is 0 Å². The molecule has 0 atom stereocenters. The van der Waals surface area contributed by atoms with Crippen LogP contribution in [0.15, 0.2) is 18.2 Å². The monoisotopic (exact) mass is 362 g/mol. The summed E-state index contributed by atoms with van der Waals surface area (Å²) in [6.07, 6.45) is 0. The predicted molar refractivity (Wildman–Crippen MR) is 52.4 cm³/mol. The predicted octanol–water partition coefficient (Wildman–Crippen LogP) is 1.59. The van der Waals surface area contributed by atoms with Crippen LogP contribution in [0.3, 0.4) is 0 Å². The van der Waals surface area contributed by atoms with Crippen molar-refractivity contribution in [2.45, 2.75) is 19.3 Å². The molecule has 0 N–H and O–H groups in total. The number of fused-ring (bicyclic) bond motifs is 1. The first-order chi connectivity index (χ1) is 6.00. The van der Waals surface area contributed by atoms with Gasteiger partial charge in [-0.05, 0) is 0 Å². The van der Waals surface area contributed by atoms with Crippen molar-refractivity contribution in [1.82, 2.24) is 0 Å². The second-order valence-corrected chi connectivity index (χ2v) is 7.77. The molecule has 0 fully saturated rings. The average molecular weight is 361 g/mol. The Labute approximate surface area is 96.1 Å². The molecule has 0 spiro atoms. The fraction of sp³-hybridized carbons (Fsp3) is 0.455. The molecule has 65 valence electrons. The van der Waals surface area contributed by atoms with E-state index in [0.29, 0.717) is 5.41 Å². The third-order valence-corrected chi connectivity index (χ3v) is 4.54. The van der Waals surface area contributed by atoms with Gasteiger partial charge in [0.05, 0.1) is 0 Å². The number of hydrogen-bond donors (Lipinski definition) is 0. The van der Waals surface area contributed by atoms with Crippen LogP contribution in [0.4, 0.5) is 5.69 Å². The fourth-order valence-electron chi connectivity index (χ4n) is 2.23. The van der Waals surface area contributed by atoms with Crippen LogP contribution in [0, 0.1) is 0 Å². The average Bonchev–Trinajstić information content (AvgIpc) is 2.22. The van der Waals surface area contributed by atoms with E-state index in [1.165, 1.54) is 11.3 Å². The molecule has 1 aliphatic heterocycles. The standard InChI is InChI=1S/C11H14N.Hg/c1-11(2)8-12(3)10-7-5-4-6-9(10)11;/h4,6-7H,8H2,1-3H3;. The van der Waals surface area contributed by atoms with Crippen molar-refractivity contribution in [3.63, 3.8) is 0 Å². The van der Waals surface area contributed by atoms with E-state index in [0.717, 1.165) is 32.7 Å². The SMILES string of the molecule is CN1CC(C)(C)c2cc[c]([Hg])cc21. The zero-order valence-corrected chi connectivity index (χ0v) is 14.1. The first kappa shape index (κ1) is 9.51. The van der Waals surface area contributed by atoms with Gasteiger partial charge in [0.2, 0.25) is 0 Å². The summed E-state index contributed by atoms with van der Waals surface area (Å²) in [7, 11) is 2.20. The number of nitrogens with zero attached hydrogens (tertiary/aromatic N) is 1. The Morgan fingerprint density at radius 3 is 2.77 bits per heavy atom. The topological polar surface area (TPSA) is 3.24 Å². The van der Waals surface area contributed by atoms with Crippen molar-refractivity contribution in [2.75, 3.05) is 18.5 Å². The van der Waals surface area contributed by atoms with Crippen LogP contribution in [0.25, 0.3) is 0 Å². The maximum absolute atomic E-state index is 2.38. The van der Waals surface area contributed by atoms with Gasteiger partial charge < -0.3 is 0 Å². The zero-order chi connectivity index (χ0) is 9.64. The van der Waals surface area contributed by atoms with Gasteiger partial charge in [-0.3, -0.25) is 0 Å². The van der Waals surface area contributed by atoms with Crippen LogP contribution < -0.4 is 7.97 Å². The molecule has 1 nitrogen and oxygen atoms in total. The van der Waals surface area contributed by atoms with Crippen molar-refractivity contribution >= 4 is 8.76 Å². The molecule has 2 heteroatoms. The molecule has 1 aromatic rings. The quantitative estimate of drug-likeness (QED) is 0.635. The molecule has 0 saturated heterocycles. The number of rotatable bonds is 0. The number of likely N-dealkylation sites (N-methyl/N-ethyl adjacent to an activating group) is 1. The first-order valence-corrected chi connectivity index (χ1v) is 7.43. The molecule has 0 saturated carbocycles. The van der Waals surface area contributed by atoms with Crippen molar-refractivity contribution in [3.05, 3.63) is 23.8 Å². The molecule has 0 aromatic heterocycles. The second kappa shape index (κ2) is 2.98. The second-order valence-electron chi connectivity index (χ2n) is 4.59. The summed E-state index contributed by atoms with van der Waals surface area (Å²) in [6.45, 7) is 5.80. The normalized spacial score (nSPS) is 19.0. The van der Waals surface area contributed by atoms with Crippen molar-refractivity contribution < 1.29 is 26.1 Å². The molecule has 0 unspecified atom stereocenters. The van der Waals surface area contributed by atoms with Gasteiger partial charge in [-0.1, -0.05) is 0 Å². The van der Waals surface area contributed by atoms with E-state index >= 15 is 0 Å². The molecule has 0 radical (unpaired) electrons. The summed E-state index contributed by atoms with van der Waals surface area (Å²) >= 11 is 0.751. The summed E-state index contributed by atoms with van der Waals surface area (Å²) in [5.74, 6) is 0. The Balaban J connectivity index is 2.59. The van der Waals surface area contributed by atoms with Gasteiger partial charge in [-0.25, -0.2) is 0 Å². The molecular formula is C11H14HgN. The van der Waals surface area contributed by atoms with Gasteiger partial charge in [0, 0.05) is 0 Å². The van der Waals surface area contributed by atoms with Crippen molar-refractivity contribution in [3.8, 4) is 0 Å². The van der Waals surface area contributed by atoms with Gasteiger partial charge in [0.15, 0.2) is 0 Å². The van der Waals surface area contributed by atoms with Crippen LogP contribution >= 0.6 is 0 Å². The Bertz CT molecular complexity index is 344. The molecule has 1 aliphatic rings. The number of benzene rings is 1. The number of hydrogen-bond acceptors (Lipinski definition) is 1. The molecule has 2 rings (SSSR count). The Hall–Kier alpha value is -0.0449. The summed E-state index contributed by atoms with van der Waals surface area (Å²) in [6, 6.07) is 6.98. The maximum atomic E-state index is 2.38. The molecule has 0 amide bonds. The van der Waals surface area contributed by atoms with Crippen LogP contribution in [0.1, 0.15) is 19.4 Å². The van der Waals surface area contributed by atoms with Crippen LogP contribution in [-0.2, 0) is 31.5 Å². The summed E-state index contributed by atoms with van der Waals surface area (Å²) in [4.78, 5) is 2.38. The Morgan fingerprint density at radius 1 is 1.38 bits per heavy atom. The van der Waals surface area contributed by atoms with E-state index in [1.807, 2.05) is 0 Å². The third-order valence-electron chi connectivity index (χ3n) is 2.83. The van der Waals surface area contributed by atoms with E-state index < -0.39 is 0 Å². The summed E-state index contributed by atoms with van der Waals surface area (Å²) < 4.78 is 1.54. The minimum absolute atomic E-state index is 0.339. The molecule has 13 heavy (non-hydrogen) atoms. The molecule has 1 heterocycles. The van der Waals surface area contributed by atoms with Gasteiger partial charge in [-0.2, -0.15) is 0 Å². The van der Waals surface area contributed by atoms with E-state index in [-0.39, 0.29) is 0 Å². The Morgan fingerprint density at radius 2 is 2.08 bits per heavy atom. The molecule has 1 aromatic carbocycles. The van der Waals surface area contributed by atoms with Gasteiger partial charge in [-0.15, -0.1) is 0 Å². The minimum atomic E-state index is 0.339. The molecular weight excluding hydrogens is 347 g/mol. The summed E-state index contributed by atoms with van der Waals surface area (Å²) in [5.41, 5.74) is 3.31.